The Morgan fingerprint density at radius 2 is 1.69 bits per heavy atom. The van der Waals surface area contributed by atoms with Gasteiger partial charge in [0.2, 0.25) is 5.96 Å². The van der Waals surface area contributed by atoms with E-state index < -0.39 is 0 Å². The van der Waals surface area contributed by atoms with Crippen molar-refractivity contribution in [3.63, 3.8) is 0 Å². The Hall–Kier alpha value is -3.07. The van der Waals surface area contributed by atoms with E-state index in [2.05, 4.69) is 74.5 Å². The molecule has 3 aromatic carbocycles. The molecule has 0 amide bonds. The zero-order valence-electron chi connectivity index (χ0n) is 15.4. The summed E-state index contributed by atoms with van der Waals surface area (Å²) in [7, 11) is 1.96. The van der Waals surface area contributed by atoms with Gasteiger partial charge in [0, 0.05) is 18.1 Å². The van der Waals surface area contributed by atoms with Crippen molar-refractivity contribution in [3.8, 4) is 0 Å². The predicted octanol–water partition coefficient (Wildman–Crippen LogP) is 5.53. The summed E-state index contributed by atoms with van der Waals surface area (Å²) >= 11 is 0. The highest BCUT2D eigenvalue weighted by Gasteiger charge is 2.13. The molecule has 0 aromatic heterocycles. The van der Waals surface area contributed by atoms with Gasteiger partial charge in [0.25, 0.3) is 0 Å². The minimum Gasteiger partial charge on any atom is -0.369 e. The lowest BCUT2D eigenvalue weighted by Crippen LogP contribution is -2.33. The summed E-state index contributed by atoms with van der Waals surface area (Å²) in [6.45, 7) is 4.38. The van der Waals surface area contributed by atoms with E-state index in [0.717, 1.165) is 16.8 Å². The van der Waals surface area contributed by atoms with E-state index in [1.54, 1.807) is 0 Å². The Morgan fingerprint density at radius 1 is 0.962 bits per heavy atom. The molecule has 4 rings (SSSR count). The molecule has 1 aliphatic rings. The summed E-state index contributed by atoms with van der Waals surface area (Å²) in [5.74, 6) is 0.961. The number of benzene rings is 3. The first-order valence-electron chi connectivity index (χ1n) is 8.96. The number of aliphatic imine (C=N–C) groups is 1. The van der Waals surface area contributed by atoms with Gasteiger partial charge in [-0.15, -0.1) is 0 Å². The molecule has 0 fully saturated rings. The van der Waals surface area contributed by atoms with Crippen LogP contribution < -0.4 is 10.6 Å². The number of hydrogen-bond acceptors (Lipinski definition) is 1. The van der Waals surface area contributed by atoms with E-state index in [1.807, 2.05) is 18.0 Å². The summed E-state index contributed by atoms with van der Waals surface area (Å²) in [4.78, 5) is 6.68. The van der Waals surface area contributed by atoms with Crippen molar-refractivity contribution < 1.29 is 0 Å². The molecule has 0 spiro atoms. The molecule has 2 N–H and O–H groups in total. The minimum atomic E-state index is 0.477. The Labute approximate surface area is 154 Å². The molecule has 0 aliphatic heterocycles. The first-order chi connectivity index (χ1) is 12.5. The number of rotatable bonds is 3. The maximum absolute atomic E-state index is 6.35. The first-order valence-corrected chi connectivity index (χ1v) is 8.96. The highest BCUT2D eigenvalue weighted by molar-refractivity contribution is 6.10. The van der Waals surface area contributed by atoms with E-state index >= 15 is 0 Å². The predicted molar refractivity (Wildman–Crippen MR) is 113 cm³/mol. The topological polar surface area (TPSA) is 41.6 Å². The number of guanidine groups is 1. The van der Waals surface area contributed by atoms with Crippen LogP contribution in [-0.2, 0) is 0 Å². The molecule has 0 saturated carbocycles. The van der Waals surface area contributed by atoms with Gasteiger partial charge < -0.3 is 10.6 Å². The molecule has 130 valence electrons. The lowest BCUT2D eigenvalue weighted by atomic mass is 10.0. The van der Waals surface area contributed by atoms with Crippen LogP contribution >= 0.6 is 0 Å². The van der Waals surface area contributed by atoms with Gasteiger partial charge in [0.05, 0.1) is 5.69 Å². The Balaban J connectivity index is 1.73. The molecule has 0 heterocycles. The van der Waals surface area contributed by atoms with Crippen LogP contribution in [0.5, 0.6) is 0 Å². The summed E-state index contributed by atoms with van der Waals surface area (Å²) in [6, 6.07) is 18.9. The number of anilines is 1. The number of nitrogens with zero attached hydrogens (tertiary/aromatic N) is 2. The summed E-state index contributed by atoms with van der Waals surface area (Å²) in [6.07, 6.45) is 4.30. The van der Waals surface area contributed by atoms with E-state index in [-0.39, 0.29) is 0 Å². The van der Waals surface area contributed by atoms with Crippen molar-refractivity contribution in [2.75, 3.05) is 11.9 Å². The van der Waals surface area contributed by atoms with Crippen LogP contribution in [0.3, 0.4) is 0 Å². The third-order valence-electron chi connectivity index (χ3n) is 5.03. The molecule has 0 atom stereocenters. The molecule has 1 aliphatic carbocycles. The second-order valence-corrected chi connectivity index (χ2v) is 7.06. The molecule has 26 heavy (non-hydrogen) atoms. The van der Waals surface area contributed by atoms with Gasteiger partial charge >= 0.3 is 0 Å². The molecular weight excluding hydrogens is 318 g/mol. The number of hydrogen-bond donors (Lipinski definition) is 1. The smallest absolute Gasteiger partial charge is 0.200 e. The number of nitrogens with two attached hydrogens (primary N) is 1. The van der Waals surface area contributed by atoms with Crippen molar-refractivity contribution >= 4 is 40.3 Å². The maximum Gasteiger partial charge on any atom is 0.200 e. The Bertz CT molecular complexity index is 1030. The third-order valence-corrected chi connectivity index (χ3v) is 5.03. The van der Waals surface area contributed by atoms with E-state index in [0.29, 0.717) is 11.9 Å². The highest BCUT2D eigenvalue weighted by atomic mass is 15.2. The normalized spacial score (nSPS) is 13.0. The van der Waals surface area contributed by atoms with Gasteiger partial charge in [-0.2, -0.15) is 0 Å². The van der Waals surface area contributed by atoms with Crippen molar-refractivity contribution in [3.05, 3.63) is 71.3 Å². The zero-order valence-corrected chi connectivity index (χ0v) is 15.4. The fourth-order valence-electron chi connectivity index (χ4n) is 3.43. The van der Waals surface area contributed by atoms with Crippen LogP contribution in [0.1, 0.15) is 36.5 Å². The zero-order chi connectivity index (χ0) is 18.3. The molecule has 3 heteroatoms. The van der Waals surface area contributed by atoms with E-state index in [4.69, 9.17) is 10.7 Å². The highest BCUT2D eigenvalue weighted by Crippen LogP contribution is 2.36. The van der Waals surface area contributed by atoms with Crippen LogP contribution in [0, 0.1) is 0 Å². The molecule has 0 saturated heterocycles. The molecule has 3 nitrogen and oxygen atoms in total. The molecule has 3 aromatic rings. The lowest BCUT2D eigenvalue weighted by Gasteiger charge is -2.20. The van der Waals surface area contributed by atoms with Crippen LogP contribution in [-0.4, -0.2) is 13.0 Å². The fourth-order valence-corrected chi connectivity index (χ4v) is 3.43. The lowest BCUT2D eigenvalue weighted by molar-refractivity contribution is 0.866. The van der Waals surface area contributed by atoms with Crippen molar-refractivity contribution in [1.29, 1.82) is 0 Å². The van der Waals surface area contributed by atoms with Crippen molar-refractivity contribution in [2.45, 2.75) is 19.8 Å². The minimum absolute atomic E-state index is 0.477. The third kappa shape index (κ3) is 2.76. The monoisotopic (exact) mass is 341 g/mol. The summed E-state index contributed by atoms with van der Waals surface area (Å²) in [5, 5.41) is 2.39. The second kappa shape index (κ2) is 6.34. The van der Waals surface area contributed by atoms with Crippen LogP contribution in [0.4, 0.5) is 11.4 Å². The van der Waals surface area contributed by atoms with Gasteiger partial charge in [-0.05, 0) is 46.2 Å². The fraction of sp³-hybridized carbons (Fsp3) is 0.174. The largest absolute Gasteiger partial charge is 0.369 e. The second-order valence-electron chi connectivity index (χ2n) is 7.06. The summed E-state index contributed by atoms with van der Waals surface area (Å²) in [5.41, 5.74) is 12.1. The van der Waals surface area contributed by atoms with Crippen molar-refractivity contribution in [1.82, 2.24) is 0 Å². The Morgan fingerprint density at radius 3 is 2.46 bits per heavy atom. The SMILES string of the molecule is CC(C)c1cccc(N(C)C(N)=Nc2ccc3c4c(cccc24)C=C3)c1. The Kier molecular flexibility index (Phi) is 4.00. The molecule has 0 radical (unpaired) electrons. The van der Waals surface area contributed by atoms with Crippen LogP contribution in [0.25, 0.3) is 22.9 Å². The molecule has 0 unspecified atom stereocenters. The van der Waals surface area contributed by atoms with E-state index in [1.165, 1.54) is 22.1 Å². The van der Waals surface area contributed by atoms with Crippen LogP contribution in [0.15, 0.2) is 59.6 Å². The maximum atomic E-state index is 6.35. The standard InChI is InChI=1S/C23H23N3/c1-15(2)18-7-4-8-19(14-18)26(3)23(24)25-21-13-12-17-11-10-16-6-5-9-20(21)22(16)17/h4-15H,1-3H3,(H2,24,25). The molecular formula is C23H23N3. The first kappa shape index (κ1) is 16.4. The van der Waals surface area contributed by atoms with Gasteiger partial charge in [-0.3, -0.25) is 0 Å². The van der Waals surface area contributed by atoms with Gasteiger partial charge in [-0.1, -0.05) is 62.4 Å². The van der Waals surface area contributed by atoms with Crippen molar-refractivity contribution in [2.24, 2.45) is 10.7 Å². The average molecular weight is 341 g/mol. The average Bonchev–Trinajstić information content (AvgIpc) is 3.08. The van der Waals surface area contributed by atoms with Gasteiger partial charge in [0.1, 0.15) is 0 Å². The van der Waals surface area contributed by atoms with E-state index in [9.17, 15) is 0 Å². The quantitative estimate of drug-likeness (QED) is 0.393. The van der Waals surface area contributed by atoms with Gasteiger partial charge in [-0.25, -0.2) is 4.99 Å². The van der Waals surface area contributed by atoms with Crippen LogP contribution in [0.2, 0.25) is 0 Å². The molecule has 0 bridgehead atoms. The van der Waals surface area contributed by atoms with Gasteiger partial charge in [0.15, 0.2) is 0 Å². The summed E-state index contributed by atoms with van der Waals surface area (Å²) < 4.78 is 0.